The Morgan fingerprint density at radius 2 is 1.25 bits per heavy atom. The largest absolute Gasteiger partial charge is 0.479 e. The van der Waals surface area contributed by atoms with Gasteiger partial charge in [-0.05, 0) is 91.9 Å². The summed E-state index contributed by atoms with van der Waals surface area (Å²) in [6.45, 7) is 16.9. The Morgan fingerprint density at radius 1 is 0.676 bits per heavy atom. The van der Waals surface area contributed by atoms with E-state index in [1.54, 1.807) is 13.0 Å². The van der Waals surface area contributed by atoms with Crippen LogP contribution in [-0.4, -0.2) is 287 Å². The number of amides is 4. The highest BCUT2D eigenvalue weighted by molar-refractivity contribution is 7.47. The van der Waals surface area contributed by atoms with Gasteiger partial charge in [0.1, 0.15) is 90.9 Å². The molecule has 102 heavy (non-hydrogen) atoms. The second-order valence-electron chi connectivity index (χ2n) is 27.1. The summed E-state index contributed by atoms with van der Waals surface area (Å²) in [6.07, 6.45) is -34.6. The van der Waals surface area contributed by atoms with E-state index in [9.17, 15) is 99.5 Å². The van der Waals surface area contributed by atoms with Crippen molar-refractivity contribution in [3.8, 4) is 0 Å². The van der Waals surface area contributed by atoms with Crippen LogP contribution in [0.2, 0.25) is 0 Å². The van der Waals surface area contributed by atoms with Gasteiger partial charge in [0.15, 0.2) is 62.0 Å². The molecule has 27 atom stereocenters. The van der Waals surface area contributed by atoms with Crippen molar-refractivity contribution in [2.45, 2.75) is 273 Å². The maximum absolute atomic E-state index is 14.0. The number of aliphatic hydroxyl groups is 10. The molecule has 37 nitrogen and oxygen atoms in total. The number of hydrogen-bond acceptors (Lipinski definition) is 30. The predicted molar refractivity (Wildman–Crippen MR) is 347 cm³/mol. The van der Waals surface area contributed by atoms with Crippen molar-refractivity contribution in [3.63, 3.8) is 0 Å². The maximum atomic E-state index is 14.0. The molecule has 5 heterocycles. The minimum absolute atomic E-state index is 0.0460. The van der Waals surface area contributed by atoms with Crippen molar-refractivity contribution in [2.24, 2.45) is 16.9 Å². The molecule has 0 saturated carbocycles. The predicted octanol–water partition coefficient (Wildman–Crippen LogP) is -2.19. The first-order valence-corrected chi connectivity index (χ1v) is 34.4. The van der Waals surface area contributed by atoms with E-state index in [1.165, 1.54) is 18.1 Å². The van der Waals surface area contributed by atoms with Crippen LogP contribution in [0.1, 0.15) is 114 Å². The van der Waals surface area contributed by atoms with E-state index in [4.69, 9.17) is 72.6 Å². The molecule has 0 aromatic carbocycles. The van der Waals surface area contributed by atoms with Crippen LogP contribution in [-0.2, 0) is 89.7 Å². The summed E-state index contributed by atoms with van der Waals surface area (Å²) in [6, 6.07) is -3.94. The summed E-state index contributed by atoms with van der Waals surface area (Å²) in [4.78, 5) is 87.5. The quantitative estimate of drug-likeness (QED) is 0.0234. The van der Waals surface area contributed by atoms with E-state index in [0.717, 1.165) is 70.4 Å². The Balaban J connectivity index is 1.41. The minimum Gasteiger partial charge on any atom is -0.479 e. The van der Waals surface area contributed by atoms with Crippen LogP contribution in [0.3, 0.4) is 0 Å². The molecule has 19 N–H and O–H groups in total. The number of carbonyl (C=O) groups is 6. The van der Waals surface area contributed by atoms with Crippen molar-refractivity contribution in [3.05, 3.63) is 59.3 Å². The van der Waals surface area contributed by atoms with Crippen molar-refractivity contribution in [1.29, 1.82) is 0 Å². The number of aliphatic hydroxyl groups excluding tert-OH is 9. The third kappa shape index (κ3) is 24.6. The van der Waals surface area contributed by atoms with Gasteiger partial charge < -0.3 is 140 Å². The van der Waals surface area contributed by atoms with E-state index >= 15 is 0 Å². The van der Waals surface area contributed by atoms with Gasteiger partial charge in [0.2, 0.25) is 17.7 Å². The average molecular weight is 1490 g/mol. The lowest BCUT2D eigenvalue weighted by Gasteiger charge is -2.52. The van der Waals surface area contributed by atoms with Gasteiger partial charge >= 0.3 is 25.9 Å². The first-order valence-electron chi connectivity index (χ1n) is 32.9. The molecule has 0 aliphatic carbocycles. The van der Waals surface area contributed by atoms with Gasteiger partial charge in [-0.1, -0.05) is 73.1 Å². The standard InChI is InChI=1S/C64H103N4O33P/c1-28(2)15-14-17-29(3)18-19-31(5)20-23-63(9,10)22-13-12-16-30(4)21-24-89-37(55(81)82)27-91-102(87,88)101-61-51(52(100-62(66)85)64(11,86)53(99-61)54(65)80)98-58-39(68-34(8)71)42(74)49(36(94-58)26-90-59-46(78)43(75)40(72)35(25-69)93-59)96-57-38(67-33(7)70)41(73)48(32(6)92-57)95-60-47(79)44(76)45(77)50(97-60)56(83)84/h12-13,15,18,21,32,35-53,57-61,69,72-79,86H,5,14,16-17,19-20,22-27H2,1-4,6-11H3,(H2,65,80)(H2,66,85)(H,67,70)(H,68,71)(H,81,82)(H,83,84)(H,87,88). The molecule has 38 heteroatoms. The van der Waals surface area contributed by atoms with Gasteiger partial charge in [-0.3, -0.25) is 23.4 Å². The zero-order valence-electron chi connectivity index (χ0n) is 58.4. The number of hydrogen-bond donors (Lipinski definition) is 17. The van der Waals surface area contributed by atoms with Crippen molar-refractivity contribution >= 4 is 43.6 Å². The third-order valence-corrected chi connectivity index (χ3v) is 18.5. The number of phosphoric ester groups is 1. The Hall–Kier alpha value is -5.37. The molecule has 0 radical (unpaired) electrons. The molecule has 5 saturated heterocycles. The number of carboxylic acid groups (broad SMARTS) is 2. The van der Waals surface area contributed by atoms with Crippen LogP contribution in [0.15, 0.2) is 59.3 Å². The summed E-state index contributed by atoms with van der Waals surface area (Å²) >= 11 is 0. The van der Waals surface area contributed by atoms with Crippen LogP contribution >= 0.6 is 7.82 Å². The topological polar surface area (TPSA) is 579 Å². The lowest BCUT2D eigenvalue weighted by atomic mass is 9.82. The number of nitrogens with two attached hydrogens (primary N) is 2. The molecular formula is C64H103N4O33P. The second-order valence-corrected chi connectivity index (χ2v) is 28.5. The fraction of sp³-hybridized carbons (Fsp3) is 0.750. The molecule has 0 aromatic rings. The van der Waals surface area contributed by atoms with Gasteiger partial charge in [0.05, 0.1) is 32.5 Å². The van der Waals surface area contributed by atoms with E-state index < -0.39 is 222 Å². The van der Waals surface area contributed by atoms with Gasteiger partial charge in [0.25, 0.3) is 0 Å². The van der Waals surface area contributed by atoms with E-state index in [-0.39, 0.29) is 12.0 Å². The Labute approximate surface area is 588 Å². The van der Waals surface area contributed by atoms with Crippen molar-refractivity contribution < 1.29 is 161 Å². The SMILES string of the molecule is C=C(CC=C(C)CCC=C(C)C)CCC(C)(C)CC=CCC(C)=CCOC(COP(=O)(O)OC1OC(C(N)=O)C(C)(O)C(OC(N)=O)C1OC1OC(COC2OC(CO)C(O)C(O)C2O)C(OC2OC(C)C(OC3OC(C(=O)O)C(O)C(O)C3O)C(O)C2NC(C)=O)C(O)C1NC(C)=O)C(=O)O. The summed E-state index contributed by atoms with van der Waals surface area (Å²) in [5.41, 5.74) is 12.6. The number of rotatable bonds is 36. The van der Waals surface area contributed by atoms with Gasteiger partial charge in [0, 0.05) is 13.8 Å². The second kappa shape index (κ2) is 38.8. The molecular weight excluding hydrogens is 1380 g/mol. The molecule has 5 aliphatic rings. The Morgan fingerprint density at radius 3 is 1.83 bits per heavy atom. The van der Waals surface area contributed by atoms with E-state index in [2.05, 4.69) is 64.0 Å². The molecule has 582 valence electrons. The molecule has 5 aliphatic heterocycles. The van der Waals surface area contributed by atoms with E-state index in [0.29, 0.717) is 6.42 Å². The number of carboxylic acids is 2. The lowest BCUT2D eigenvalue weighted by molar-refractivity contribution is -0.375. The number of aliphatic carboxylic acids is 2. The molecule has 0 spiro atoms. The number of phosphoric acid groups is 1. The molecule has 5 rings (SSSR count). The summed E-state index contributed by atoms with van der Waals surface area (Å²) in [5.74, 6) is -6.94. The summed E-state index contributed by atoms with van der Waals surface area (Å²) in [7, 11) is -5.83. The van der Waals surface area contributed by atoms with Crippen LogP contribution in [0.4, 0.5) is 4.79 Å². The molecule has 0 aromatic heterocycles. The number of nitrogens with one attached hydrogen (secondary N) is 2. The normalized spacial score (nSPS) is 36.4. The van der Waals surface area contributed by atoms with Crippen molar-refractivity contribution in [1.82, 2.24) is 10.6 Å². The van der Waals surface area contributed by atoms with Gasteiger partial charge in [-0.15, -0.1) is 0 Å². The maximum Gasteiger partial charge on any atom is 0.474 e. The van der Waals surface area contributed by atoms with Crippen LogP contribution in [0, 0.1) is 5.41 Å². The number of allylic oxidation sites excluding steroid dienone is 8. The van der Waals surface area contributed by atoms with Crippen molar-refractivity contribution in [2.75, 3.05) is 26.4 Å². The highest BCUT2D eigenvalue weighted by Gasteiger charge is 2.62. The number of ether oxygens (including phenoxy) is 11. The summed E-state index contributed by atoms with van der Waals surface area (Å²) in [5, 5.41) is 135. The molecule has 5 fully saturated rings. The number of primary amides is 2. The van der Waals surface area contributed by atoms with Crippen LogP contribution < -0.4 is 22.1 Å². The fourth-order valence-corrected chi connectivity index (χ4v) is 12.4. The minimum atomic E-state index is -5.83. The average Bonchev–Trinajstić information content (AvgIpc) is 0.750. The summed E-state index contributed by atoms with van der Waals surface area (Å²) < 4.78 is 88.0. The third-order valence-electron chi connectivity index (χ3n) is 17.5. The highest BCUT2D eigenvalue weighted by Crippen LogP contribution is 2.49. The molecule has 0 bridgehead atoms. The van der Waals surface area contributed by atoms with Crippen LogP contribution in [0.5, 0.6) is 0 Å². The smallest absolute Gasteiger partial charge is 0.474 e. The first-order chi connectivity index (χ1) is 47.5. The zero-order chi connectivity index (χ0) is 76.6. The Bertz CT molecular complexity index is 3000. The van der Waals surface area contributed by atoms with Gasteiger partial charge in [-0.2, -0.15) is 0 Å². The molecule has 4 amide bonds. The molecule has 27 unspecified atom stereocenters. The highest BCUT2D eigenvalue weighted by atomic mass is 31.2. The van der Waals surface area contributed by atoms with Crippen LogP contribution in [0.25, 0.3) is 0 Å². The van der Waals surface area contributed by atoms with Gasteiger partial charge in [-0.25, -0.2) is 18.9 Å². The lowest BCUT2D eigenvalue weighted by Crippen LogP contribution is -2.72. The number of carbonyl (C=O) groups excluding carboxylic acids is 4. The Kier molecular flexibility index (Phi) is 33.2. The van der Waals surface area contributed by atoms with E-state index in [1.807, 2.05) is 12.2 Å². The zero-order valence-corrected chi connectivity index (χ0v) is 59.3. The first kappa shape index (κ1) is 87.3. The monoisotopic (exact) mass is 1490 g/mol. The fourth-order valence-electron chi connectivity index (χ4n) is 11.6.